The van der Waals surface area contributed by atoms with E-state index in [0.717, 1.165) is 0 Å². The van der Waals surface area contributed by atoms with Crippen LogP contribution in [-0.4, -0.2) is 24.8 Å². The van der Waals surface area contributed by atoms with E-state index in [0.29, 0.717) is 17.3 Å². The Morgan fingerprint density at radius 1 is 1.29 bits per heavy atom. The Balaban J connectivity index is 1.98. The van der Waals surface area contributed by atoms with E-state index in [4.69, 9.17) is 11.6 Å². The van der Waals surface area contributed by atoms with Crippen LogP contribution in [0, 0.1) is 5.41 Å². The molecule has 1 heterocycles. The zero-order valence-electron chi connectivity index (χ0n) is 11.9. The third-order valence-corrected chi connectivity index (χ3v) is 6.61. The number of hydrogen-bond donors (Lipinski definition) is 1. The van der Waals surface area contributed by atoms with E-state index in [1.54, 1.807) is 36.5 Å². The van der Waals surface area contributed by atoms with Crippen molar-refractivity contribution in [3.63, 3.8) is 0 Å². The Bertz CT molecular complexity index is 784. The molecule has 2 aromatic rings. The van der Waals surface area contributed by atoms with Crippen LogP contribution in [-0.2, 0) is 10.0 Å². The summed E-state index contributed by atoms with van der Waals surface area (Å²) in [5.41, 5.74) is 0.431. The first-order valence-corrected chi connectivity index (χ1v) is 8.74. The Labute approximate surface area is 129 Å². The number of pyridine rings is 1. The topological polar surface area (TPSA) is 59.1 Å². The van der Waals surface area contributed by atoms with Gasteiger partial charge in [-0.2, -0.15) is 0 Å². The average Bonchev–Trinajstić information content (AvgIpc) is 2.46. The molecule has 3 rings (SSSR count). The van der Waals surface area contributed by atoms with Gasteiger partial charge in [0.25, 0.3) is 0 Å². The van der Waals surface area contributed by atoms with E-state index in [2.05, 4.69) is 9.71 Å². The van der Waals surface area contributed by atoms with Crippen molar-refractivity contribution in [1.29, 1.82) is 0 Å². The largest absolute Gasteiger partial charge is 0.256 e. The van der Waals surface area contributed by atoms with Crippen LogP contribution in [0.3, 0.4) is 0 Å². The van der Waals surface area contributed by atoms with Crippen molar-refractivity contribution < 1.29 is 8.42 Å². The molecule has 112 valence electrons. The second-order valence-corrected chi connectivity index (χ2v) is 8.23. The van der Waals surface area contributed by atoms with Crippen LogP contribution in [0.25, 0.3) is 10.9 Å². The maximum Gasteiger partial charge on any atom is 0.241 e. The molecule has 0 amide bonds. The molecule has 0 aliphatic heterocycles. The van der Waals surface area contributed by atoms with Crippen LogP contribution in [0.1, 0.15) is 20.3 Å². The Morgan fingerprint density at radius 2 is 2.05 bits per heavy atom. The molecule has 0 bridgehead atoms. The first kappa shape index (κ1) is 14.8. The molecule has 0 spiro atoms. The van der Waals surface area contributed by atoms with Crippen LogP contribution < -0.4 is 4.72 Å². The van der Waals surface area contributed by atoms with Gasteiger partial charge in [-0.25, -0.2) is 13.1 Å². The van der Waals surface area contributed by atoms with Crippen LogP contribution in [0.4, 0.5) is 0 Å². The highest BCUT2D eigenvalue weighted by molar-refractivity contribution is 7.89. The molecule has 0 saturated heterocycles. The maximum absolute atomic E-state index is 12.7. The highest BCUT2D eigenvalue weighted by atomic mass is 35.5. The summed E-state index contributed by atoms with van der Waals surface area (Å²) in [4.78, 5) is 4.46. The summed E-state index contributed by atoms with van der Waals surface area (Å²) in [7, 11) is -3.59. The summed E-state index contributed by atoms with van der Waals surface area (Å²) in [6.45, 7) is 3.96. The number of rotatable bonds is 3. The number of sulfonamides is 1. The fourth-order valence-corrected chi connectivity index (χ4v) is 4.58. The van der Waals surface area contributed by atoms with Crippen molar-refractivity contribution in [2.24, 2.45) is 5.41 Å². The normalized spacial score (nSPS) is 24.7. The van der Waals surface area contributed by atoms with Gasteiger partial charge in [-0.05, 0) is 36.1 Å². The predicted molar refractivity (Wildman–Crippen MR) is 83.9 cm³/mol. The smallest absolute Gasteiger partial charge is 0.241 e. The number of halogens is 1. The van der Waals surface area contributed by atoms with Gasteiger partial charge in [0.2, 0.25) is 10.0 Å². The lowest BCUT2D eigenvalue weighted by Crippen LogP contribution is -2.59. The van der Waals surface area contributed by atoms with Gasteiger partial charge < -0.3 is 0 Å². The maximum atomic E-state index is 12.7. The third kappa shape index (κ3) is 2.43. The summed E-state index contributed by atoms with van der Waals surface area (Å²) in [5, 5.41) is 0.631. The molecule has 1 aromatic carbocycles. The van der Waals surface area contributed by atoms with Crippen molar-refractivity contribution in [2.75, 3.05) is 0 Å². The minimum Gasteiger partial charge on any atom is -0.256 e. The SMILES string of the molecule is CC1(C)C(Cl)CC1NS(=O)(=O)c1cccc2ncccc12. The molecular weight excluding hydrogens is 308 g/mol. The molecule has 1 fully saturated rings. The fraction of sp³-hybridized carbons (Fsp3) is 0.400. The van der Waals surface area contributed by atoms with Crippen molar-refractivity contribution in [3.8, 4) is 0 Å². The Kier molecular flexibility index (Phi) is 3.47. The molecule has 6 heteroatoms. The van der Waals surface area contributed by atoms with Gasteiger partial charge in [-0.1, -0.05) is 19.9 Å². The summed E-state index contributed by atoms with van der Waals surface area (Å²) in [5.74, 6) is 0. The zero-order valence-corrected chi connectivity index (χ0v) is 13.4. The van der Waals surface area contributed by atoms with Crippen molar-refractivity contribution in [3.05, 3.63) is 36.5 Å². The minimum atomic E-state index is -3.59. The second-order valence-electron chi connectivity index (χ2n) is 6.02. The first-order chi connectivity index (χ1) is 9.82. The first-order valence-electron chi connectivity index (χ1n) is 6.82. The molecule has 1 saturated carbocycles. The quantitative estimate of drug-likeness (QED) is 0.883. The third-order valence-electron chi connectivity index (χ3n) is 4.34. The minimum absolute atomic E-state index is 0.000570. The lowest BCUT2D eigenvalue weighted by atomic mass is 9.67. The second kappa shape index (κ2) is 4.93. The van der Waals surface area contributed by atoms with Gasteiger partial charge >= 0.3 is 0 Å². The number of alkyl halides is 1. The van der Waals surface area contributed by atoms with Crippen LogP contribution in [0.5, 0.6) is 0 Å². The predicted octanol–water partition coefficient (Wildman–Crippen LogP) is 2.92. The molecule has 4 nitrogen and oxygen atoms in total. The molecule has 1 aromatic heterocycles. The van der Waals surface area contributed by atoms with E-state index >= 15 is 0 Å². The van der Waals surface area contributed by atoms with Crippen molar-refractivity contribution >= 4 is 32.5 Å². The van der Waals surface area contributed by atoms with E-state index in [1.807, 2.05) is 13.8 Å². The van der Waals surface area contributed by atoms with E-state index in [1.165, 1.54) is 0 Å². The highest BCUT2D eigenvalue weighted by Crippen LogP contribution is 2.45. The van der Waals surface area contributed by atoms with Gasteiger partial charge in [0.05, 0.1) is 10.4 Å². The molecule has 21 heavy (non-hydrogen) atoms. The molecule has 2 atom stereocenters. The number of nitrogens with zero attached hydrogens (tertiary/aromatic N) is 1. The number of aromatic nitrogens is 1. The molecular formula is C15H17ClN2O2S. The summed E-state index contributed by atoms with van der Waals surface area (Å²) < 4.78 is 28.1. The molecule has 1 N–H and O–H groups in total. The molecule has 2 unspecified atom stereocenters. The van der Waals surface area contributed by atoms with E-state index < -0.39 is 10.0 Å². The Hall–Kier alpha value is -1.17. The van der Waals surface area contributed by atoms with Gasteiger partial charge in [-0.15, -0.1) is 11.6 Å². The number of benzene rings is 1. The van der Waals surface area contributed by atoms with Crippen molar-refractivity contribution in [1.82, 2.24) is 9.71 Å². The molecule has 1 aliphatic rings. The van der Waals surface area contributed by atoms with Crippen LogP contribution in [0.15, 0.2) is 41.4 Å². The summed E-state index contributed by atoms with van der Waals surface area (Å²) in [6.07, 6.45) is 2.30. The zero-order chi connectivity index (χ0) is 15.3. The fourth-order valence-electron chi connectivity index (χ4n) is 2.63. The van der Waals surface area contributed by atoms with Crippen molar-refractivity contribution in [2.45, 2.75) is 36.6 Å². The highest BCUT2D eigenvalue weighted by Gasteiger charge is 2.48. The number of fused-ring (bicyclic) bond motifs is 1. The number of nitrogens with one attached hydrogen (secondary N) is 1. The Morgan fingerprint density at radius 3 is 2.71 bits per heavy atom. The van der Waals surface area contributed by atoms with E-state index in [-0.39, 0.29) is 21.7 Å². The van der Waals surface area contributed by atoms with E-state index in [9.17, 15) is 8.42 Å². The van der Waals surface area contributed by atoms with Gasteiger partial charge in [0.15, 0.2) is 0 Å². The van der Waals surface area contributed by atoms with Crippen LogP contribution in [0.2, 0.25) is 0 Å². The number of hydrogen-bond acceptors (Lipinski definition) is 3. The monoisotopic (exact) mass is 324 g/mol. The van der Waals surface area contributed by atoms with Crippen LogP contribution >= 0.6 is 11.6 Å². The molecule has 0 radical (unpaired) electrons. The standard InChI is InChI=1S/C15H17ClN2O2S/c1-15(2)13(16)9-14(15)18-21(19,20)12-7-3-6-11-10(12)5-4-8-17-11/h3-8,13-14,18H,9H2,1-2H3. The summed E-state index contributed by atoms with van der Waals surface area (Å²) in [6, 6.07) is 8.49. The van der Waals surface area contributed by atoms with Gasteiger partial charge in [0, 0.05) is 23.0 Å². The summed E-state index contributed by atoms with van der Waals surface area (Å²) >= 11 is 6.16. The van der Waals surface area contributed by atoms with Gasteiger partial charge in [-0.3, -0.25) is 4.98 Å². The molecule has 1 aliphatic carbocycles. The van der Waals surface area contributed by atoms with Gasteiger partial charge in [0.1, 0.15) is 0 Å². The lowest BCUT2D eigenvalue weighted by Gasteiger charge is -2.48. The lowest BCUT2D eigenvalue weighted by molar-refractivity contribution is 0.137. The average molecular weight is 325 g/mol.